The molecule has 0 heterocycles. The van der Waals surface area contributed by atoms with E-state index in [2.05, 4.69) is 12.2 Å². The molecular weight excluding hydrogens is 408 g/mol. The Hall–Kier alpha value is -3.12. The Morgan fingerprint density at radius 2 is 1.48 bits per heavy atom. The van der Waals surface area contributed by atoms with Crippen LogP contribution < -0.4 is 9.62 Å². The number of nitrogens with one attached hydrogen (secondary N) is 1. The normalized spacial score (nSPS) is 11.2. The summed E-state index contributed by atoms with van der Waals surface area (Å²) in [4.78, 5) is 13.0. The molecule has 6 heteroatoms. The van der Waals surface area contributed by atoms with Crippen LogP contribution >= 0.6 is 0 Å². The summed E-state index contributed by atoms with van der Waals surface area (Å²) in [7, 11) is -3.94. The van der Waals surface area contributed by atoms with E-state index in [0.717, 1.165) is 28.7 Å². The fourth-order valence-corrected chi connectivity index (χ4v) is 4.76. The Morgan fingerprint density at radius 1 is 0.871 bits per heavy atom. The zero-order valence-electron chi connectivity index (χ0n) is 18.3. The molecule has 3 aromatic carbocycles. The molecule has 0 aliphatic carbocycles. The van der Waals surface area contributed by atoms with E-state index < -0.39 is 15.9 Å². The summed E-state index contributed by atoms with van der Waals surface area (Å²) < 4.78 is 28.2. The summed E-state index contributed by atoms with van der Waals surface area (Å²) in [5.41, 5.74) is 4.96. The Labute approximate surface area is 184 Å². The number of carbonyl (C=O) groups is 1. The Morgan fingerprint density at radius 3 is 2.10 bits per heavy atom. The van der Waals surface area contributed by atoms with Gasteiger partial charge in [0.1, 0.15) is 6.54 Å². The van der Waals surface area contributed by atoms with Crippen molar-refractivity contribution in [1.29, 1.82) is 0 Å². The van der Waals surface area contributed by atoms with Crippen molar-refractivity contribution in [2.75, 3.05) is 16.2 Å². The average molecular weight is 437 g/mol. The van der Waals surface area contributed by atoms with Gasteiger partial charge in [0.15, 0.2) is 0 Å². The SMILES string of the molecule is CCc1ccc(NC(=O)CN(c2cc(C)ccc2C)S(=O)(=O)c2ccc(C)cc2)cc1. The lowest BCUT2D eigenvalue weighted by Crippen LogP contribution is -2.38. The second-order valence-electron chi connectivity index (χ2n) is 7.71. The van der Waals surface area contributed by atoms with Gasteiger partial charge in [0.25, 0.3) is 10.0 Å². The molecule has 5 nitrogen and oxygen atoms in total. The Bertz CT molecular complexity index is 1170. The Kier molecular flexibility index (Phi) is 6.81. The molecule has 0 aliphatic rings. The number of aryl methyl sites for hydroxylation is 4. The smallest absolute Gasteiger partial charge is 0.264 e. The maximum absolute atomic E-state index is 13.5. The van der Waals surface area contributed by atoms with Crippen LogP contribution in [-0.2, 0) is 21.2 Å². The quantitative estimate of drug-likeness (QED) is 0.566. The third-order valence-corrected chi connectivity index (χ3v) is 6.95. The van der Waals surface area contributed by atoms with Crippen LogP contribution in [-0.4, -0.2) is 20.9 Å². The molecule has 0 radical (unpaired) electrons. The summed E-state index contributed by atoms with van der Waals surface area (Å²) in [6.07, 6.45) is 0.906. The molecule has 3 aromatic rings. The van der Waals surface area contributed by atoms with Crippen molar-refractivity contribution >= 4 is 27.3 Å². The molecule has 0 saturated carbocycles. The van der Waals surface area contributed by atoms with Gasteiger partial charge < -0.3 is 5.32 Å². The van der Waals surface area contributed by atoms with E-state index in [0.29, 0.717) is 11.4 Å². The first-order valence-corrected chi connectivity index (χ1v) is 11.7. The highest BCUT2D eigenvalue weighted by molar-refractivity contribution is 7.92. The van der Waals surface area contributed by atoms with Gasteiger partial charge >= 0.3 is 0 Å². The number of hydrogen-bond donors (Lipinski definition) is 1. The lowest BCUT2D eigenvalue weighted by atomic mass is 10.1. The summed E-state index contributed by atoms with van der Waals surface area (Å²) in [6, 6.07) is 19.8. The number of carbonyl (C=O) groups excluding carboxylic acids is 1. The van der Waals surface area contributed by atoms with Crippen LogP contribution in [0.3, 0.4) is 0 Å². The number of rotatable bonds is 7. The lowest BCUT2D eigenvalue weighted by molar-refractivity contribution is -0.114. The highest BCUT2D eigenvalue weighted by atomic mass is 32.2. The molecule has 1 N–H and O–H groups in total. The van der Waals surface area contributed by atoms with Gasteiger partial charge in [0.05, 0.1) is 10.6 Å². The number of nitrogens with zero attached hydrogens (tertiary/aromatic N) is 1. The van der Waals surface area contributed by atoms with Gasteiger partial charge in [-0.15, -0.1) is 0 Å². The molecule has 1 amide bonds. The van der Waals surface area contributed by atoms with Gasteiger partial charge in [-0.05, 0) is 74.2 Å². The van der Waals surface area contributed by atoms with Gasteiger partial charge in [-0.2, -0.15) is 0 Å². The molecule has 0 fully saturated rings. The summed E-state index contributed by atoms with van der Waals surface area (Å²) >= 11 is 0. The van der Waals surface area contributed by atoms with E-state index in [1.807, 2.05) is 57.2 Å². The molecule has 0 spiro atoms. The van der Waals surface area contributed by atoms with E-state index >= 15 is 0 Å². The largest absolute Gasteiger partial charge is 0.325 e. The van der Waals surface area contributed by atoms with Crippen LogP contribution in [0.5, 0.6) is 0 Å². The second-order valence-corrected chi connectivity index (χ2v) is 9.58. The molecule has 0 atom stereocenters. The topological polar surface area (TPSA) is 66.5 Å². The van der Waals surface area contributed by atoms with Crippen molar-refractivity contribution in [3.8, 4) is 0 Å². The van der Waals surface area contributed by atoms with Crippen LogP contribution in [0.15, 0.2) is 71.6 Å². The average Bonchev–Trinajstić information content (AvgIpc) is 2.74. The minimum Gasteiger partial charge on any atom is -0.325 e. The first kappa shape index (κ1) is 22.6. The summed E-state index contributed by atoms with van der Waals surface area (Å²) in [5, 5.41) is 2.82. The maximum Gasteiger partial charge on any atom is 0.264 e. The zero-order chi connectivity index (χ0) is 22.6. The molecule has 3 rings (SSSR count). The van der Waals surface area contributed by atoms with Crippen molar-refractivity contribution in [2.45, 2.75) is 39.0 Å². The van der Waals surface area contributed by atoms with Crippen LogP contribution in [0.1, 0.15) is 29.2 Å². The highest BCUT2D eigenvalue weighted by Gasteiger charge is 2.28. The molecule has 0 unspecified atom stereocenters. The predicted octanol–water partition coefficient (Wildman–Crippen LogP) is 5.01. The molecular formula is C25H28N2O3S. The van der Waals surface area contributed by atoms with Crippen LogP contribution in [0.25, 0.3) is 0 Å². The predicted molar refractivity (Wildman–Crippen MR) is 126 cm³/mol. The third-order valence-electron chi connectivity index (χ3n) is 5.18. The standard InChI is InChI=1S/C25H28N2O3S/c1-5-21-10-12-22(13-11-21)26-25(28)17-27(24-16-19(3)6-9-20(24)4)31(29,30)23-14-7-18(2)8-15-23/h6-16H,5,17H2,1-4H3,(H,26,28). The van der Waals surface area contributed by atoms with Crippen molar-refractivity contribution in [3.63, 3.8) is 0 Å². The molecule has 0 aromatic heterocycles. The second kappa shape index (κ2) is 9.35. The number of sulfonamides is 1. The van der Waals surface area contributed by atoms with E-state index in [9.17, 15) is 13.2 Å². The van der Waals surface area contributed by atoms with E-state index in [1.165, 1.54) is 4.31 Å². The van der Waals surface area contributed by atoms with Crippen LogP contribution in [0.2, 0.25) is 0 Å². The first-order chi connectivity index (χ1) is 14.7. The molecule has 162 valence electrons. The Balaban J connectivity index is 1.96. The molecule has 0 saturated heterocycles. The number of amides is 1. The van der Waals surface area contributed by atoms with Gasteiger partial charge in [0, 0.05) is 5.69 Å². The number of benzene rings is 3. The highest BCUT2D eigenvalue weighted by Crippen LogP contribution is 2.28. The van der Waals surface area contributed by atoms with Crippen molar-refractivity contribution in [2.24, 2.45) is 0 Å². The van der Waals surface area contributed by atoms with Gasteiger partial charge in [-0.1, -0.05) is 48.9 Å². The lowest BCUT2D eigenvalue weighted by Gasteiger charge is -2.26. The van der Waals surface area contributed by atoms with Crippen molar-refractivity contribution in [3.05, 3.63) is 89.0 Å². The fraction of sp³-hybridized carbons (Fsp3) is 0.240. The monoisotopic (exact) mass is 436 g/mol. The van der Waals surface area contributed by atoms with Gasteiger partial charge in [-0.3, -0.25) is 9.10 Å². The van der Waals surface area contributed by atoms with Gasteiger partial charge in [-0.25, -0.2) is 8.42 Å². The number of anilines is 2. The summed E-state index contributed by atoms with van der Waals surface area (Å²) in [6.45, 7) is 7.38. The third kappa shape index (κ3) is 5.33. The van der Waals surface area contributed by atoms with Gasteiger partial charge in [0.2, 0.25) is 5.91 Å². The van der Waals surface area contributed by atoms with E-state index in [-0.39, 0.29) is 11.4 Å². The minimum absolute atomic E-state index is 0.152. The maximum atomic E-state index is 13.5. The molecule has 31 heavy (non-hydrogen) atoms. The zero-order valence-corrected chi connectivity index (χ0v) is 19.2. The molecule has 0 aliphatic heterocycles. The summed E-state index contributed by atoms with van der Waals surface area (Å²) in [5.74, 6) is -0.402. The van der Waals surface area contributed by atoms with Crippen LogP contribution in [0, 0.1) is 20.8 Å². The van der Waals surface area contributed by atoms with Crippen LogP contribution in [0.4, 0.5) is 11.4 Å². The molecule has 0 bridgehead atoms. The van der Waals surface area contributed by atoms with E-state index in [1.54, 1.807) is 30.3 Å². The van der Waals surface area contributed by atoms with Crippen molar-refractivity contribution < 1.29 is 13.2 Å². The van der Waals surface area contributed by atoms with E-state index in [4.69, 9.17) is 0 Å². The first-order valence-electron chi connectivity index (χ1n) is 10.3. The number of hydrogen-bond acceptors (Lipinski definition) is 3. The van der Waals surface area contributed by atoms with Crippen molar-refractivity contribution in [1.82, 2.24) is 0 Å². The minimum atomic E-state index is -3.94. The fourth-order valence-electron chi connectivity index (χ4n) is 3.28.